The van der Waals surface area contributed by atoms with Crippen molar-refractivity contribution in [1.29, 1.82) is 0 Å². The van der Waals surface area contributed by atoms with Crippen molar-refractivity contribution in [3.05, 3.63) is 76.1 Å². The number of aliphatic imine (C=N–C) groups is 1. The lowest BCUT2D eigenvalue weighted by Crippen LogP contribution is -2.44. The fourth-order valence-electron chi connectivity index (χ4n) is 3.31. The highest BCUT2D eigenvalue weighted by Gasteiger charge is 2.22. The molecule has 10 nitrogen and oxygen atoms in total. The molecule has 1 heterocycles. The molecule has 1 atom stereocenters. The number of hydrogen-bond acceptors (Lipinski definition) is 6. The van der Waals surface area contributed by atoms with Gasteiger partial charge in [-0.15, -0.1) is 0 Å². The maximum atomic E-state index is 13.0. The van der Waals surface area contributed by atoms with E-state index in [9.17, 15) is 14.4 Å². The second-order valence-electron chi connectivity index (χ2n) is 7.66. The molecule has 34 heavy (non-hydrogen) atoms. The fourth-order valence-corrected chi connectivity index (χ4v) is 3.31. The van der Waals surface area contributed by atoms with Crippen LogP contribution < -0.4 is 27.7 Å². The van der Waals surface area contributed by atoms with Crippen LogP contribution >= 0.6 is 0 Å². The summed E-state index contributed by atoms with van der Waals surface area (Å²) in [5.74, 6) is -0.514. The number of rotatable bonds is 9. The van der Waals surface area contributed by atoms with Crippen molar-refractivity contribution in [2.45, 2.75) is 32.4 Å². The molecule has 0 bridgehead atoms. The Labute approximate surface area is 196 Å². The highest BCUT2D eigenvalue weighted by Crippen LogP contribution is 2.21. The topological polar surface area (TPSA) is 162 Å². The molecule has 0 radical (unpaired) electrons. The molecule has 2 aromatic carbocycles. The Morgan fingerprint density at radius 2 is 1.88 bits per heavy atom. The molecule has 6 N–H and O–H groups in total. The van der Waals surface area contributed by atoms with E-state index in [0.29, 0.717) is 24.2 Å². The lowest BCUT2D eigenvalue weighted by atomic mass is 10.1. The van der Waals surface area contributed by atoms with E-state index in [1.165, 1.54) is 6.07 Å². The number of nitrogens with two attached hydrogens (primary N) is 2. The Morgan fingerprint density at radius 3 is 2.62 bits per heavy atom. The minimum absolute atomic E-state index is 0.0517. The van der Waals surface area contributed by atoms with Crippen molar-refractivity contribution in [3.8, 4) is 0 Å². The second-order valence-corrected chi connectivity index (χ2v) is 7.66. The Kier molecular flexibility index (Phi) is 8.22. The van der Waals surface area contributed by atoms with Gasteiger partial charge in [0.2, 0.25) is 5.91 Å². The summed E-state index contributed by atoms with van der Waals surface area (Å²) in [7, 11) is 0. The molecule has 3 aromatic rings. The normalized spacial score (nSPS) is 11.4. The average molecular weight is 466 g/mol. The molecule has 0 unspecified atom stereocenters. The van der Waals surface area contributed by atoms with E-state index in [1.807, 2.05) is 30.3 Å². The first-order valence-corrected chi connectivity index (χ1v) is 10.7. The van der Waals surface area contributed by atoms with Gasteiger partial charge in [-0.1, -0.05) is 30.3 Å². The molecule has 0 aliphatic rings. The number of carbonyl (C=O) groups excluding carboxylic acids is 2. The van der Waals surface area contributed by atoms with E-state index in [1.54, 1.807) is 25.1 Å². The van der Waals surface area contributed by atoms with Crippen molar-refractivity contribution < 1.29 is 18.7 Å². The van der Waals surface area contributed by atoms with E-state index in [4.69, 9.17) is 20.6 Å². The van der Waals surface area contributed by atoms with Gasteiger partial charge in [0, 0.05) is 29.8 Å². The van der Waals surface area contributed by atoms with Gasteiger partial charge in [0.05, 0.1) is 0 Å². The van der Waals surface area contributed by atoms with Crippen molar-refractivity contribution in [2.24, 2.45) is 16.5 Å². The third-order valence-electron chi connectivity index (χ3n) is 4.99. The molecule has 0 saturated heterocycles. The largest absolute Gasteiger partial charge is 0.445 e. The lowest BCUT2D eigenvalue weighted by molar-refractivity contribution is -0.118. The van der Waals surface area contributed by atoms with Gasteiger partial charge < -0.3 is 31.3 Å². The van der Waals surface area contributed by atoms with Crippen LogP contribution in [0.2, 0.25) is 0 Å². The van der Waals surface area contributed by atoms with E-state index in [-0.39, 0.29) is 19.0 Å². The molecule has 10 heteroatoms. The Hall–Kier alpha value is -4.34. The first-order chi connectivity index (χ1) is 16.3. The first-order valence-electron chi connectivity index (χ1n) is 10.7. The standard InChI is InChI=1S/C24H27N5O5/c1-15-12-21(30)34-20-13-17(9-10-18(15)20)28-22(31)19(8-5-11-27-23(25)26)29-24(32)33-14-16-6-3-2-4-7-16/h2-4,6-7,9-10,12-13,19H,5,8,11,14H2,1H3,(H,28,31)(H,29,32)(H4,25,26,27)/t19-/m1/s1. The zero-order chi connectivity index (χ0) is 24.5. The molecule has 0 fully saturated rings. The van der Waals surface area contributed by atoms with Gasteiger partial charge in [0.25, 0.3) is 0 Å². The number of hydrogen-bond donors (Lipinski definition) is 4. The first kappa shape index (κ1) is 24.3. The number of anilines is 1. The van der Waals surface area contributed by atoms with Crippen molar-refractivity contribution in [1.82, 2.24) is 5.32 Å². The molecule has 2 amide bonds. The number of nitrogens with one attached hydrogen (secondary N) is 2. The minimum atomic E-state index is -0.905. The van der Waals surface area contributed by atoms with Gasteiger partial charge in [0.1, 0.15) is 18.2 Å². The number of nitrogens with zero attached hydrogens (tertiary/aromatic N) is 1. The molecule has 0 spiro atoms. The van der Waals surface area contributed by atoms with E-state index in [0.717, 1.165) is 16.5 Å². The highest BCUT2D eigenvalue weighted by atomic mass is 16.5. The summed E-state index contributed by atoms with van der Waals surface area (Å²) < 4.78 is 10.5. The SMILES string of the molecule is Cc1cc(=O)oc2cc(NC(=O)[C@@H](CCCN=C(N)N)NC(=O)OCc3ccccc3)ccc12. The predicted molar refractivity (Wildman–Crippen MR) is 129 cm³/mol. The second kappa shape index (κ2) is 11.5. The van der Waals surface area contributed by atoms with Crippen LogP contribution in [0.1, 0.15) is 24.0 Å². The number of alkyl carbamates (subject to hydrolysis) is 1. The Bertz CT molecular complexity index is 1240. The van der Waals surface area contributed by atoms with Crippen LogP contribution in [0, 0.1) is 6.92 Å². The minimum Gasteiger partial charge on any atom is -0.445 e. The maximum absolute atomic E-state index is 13.0. The van der Waals surface area contributed by atoms with Crippen LogP contribution in [0.5, 0.6) is 0 Å². The molecule has 0 saturated carbocycles. The van der Waals surface area contributed by atoms with Crippen LogP contribution in [0.15, 0.2) is 68.8 Å². The maximum Gasteiger partial charge on any atom is 0.408 e. The van der Waals surface area contributed by atoms with Gasteiger partial charge in [-0.3, -0.25) is 9.79 Å². The average Bonchev–Trinajstić information content (AvgIpc) is 2.79. The summed E-state index contributed by atoms with van der Waals surface area (Å²) >= 11 is 0. The number of ether oxygens (including phenoxy) is 1. The third kappa shape index (κ3) is 7.09. The molecule has 1 aromatic heterocycles. The fraction of sp³-hybridized carbons (Fsp3) is 0.250. The van der Waals surface area contributed by atoms with Gasteiger partial charge in [-0.2, -0.15) is 0 Å². The number of fused-ring (bicyclic) bond motifs is 1. The lowest BCUT2D eigenvalue weighted by Gasteiger charge is -2.18. The molecule has 178 valence electrons. The number of aryl methyl sites for hydroxylation is 1. The van der Waals surface area contributed by atoms with Crippen LogP contribution in [0.4, 0.5) is 10.5 Å². The molecular weight excluding hydrogens is 438 g/mol. The Morgan fingerprint density at radius 1 is 1.12 bits per heavy atom. The highest BCUT2D eigenvalue weighted by molar-refractivity contribution is 5.98. The van der Waals surface area contributed by atoms with E-state index < -0.39 is 23.7 Å². The summed E-state index contributed by atoms with van der Waals surface area (Å²) in [4.78, 5) is 40.9. The summed E-state index contributed by atoms with van der Waals surface area (Å²) in [6, 6.07) is 14.7. The van der Waals surface area contributed by atoms with Crippen LogP contribution in [-0.2, 0) is 16.1 Å². The zero-order valence-electron chi connectivity index (χ0n) is 18.7. The summed E-state index contributed by atoms with van der Waals surface area (Å²) in [6.07, 6.45) is -0.0167. The summed E-state index contributed by atoms with van der Waals surface area (Å²) in [6.45, 7) is 2.17. The predicted octanol–water partition coefficient (Wildman–Crippen LogP) is 2.39. The van der Waals surface area contributed by atoms with Crippen LogP contribution in [0.3, 0.4) is 0 Å². The summed E-state index contributed by atoms with van der Waals surface area (Å²) in [5, 5.41) is 6.10. The van der Waals surface area contributed by atoms with Crippen molar-refractivity contribution in [3.63, 3.8) is 0 Å². The van der Waals surface area contributed by atoms with E-state index >= 15 is 0 Å². The van der Waals surface area contributed by atoms with E-state index in [2.05, 4.69) is 15.6 Å². The van der Waals surface area contributed by atoms with Crippen molar-refractivity contribution >= 4 is 34.6 Å². The van der Waals surface area contributed by atoms with Crippen molar-refractivity contribution in [2.75, 3.05) is 11.9 Å². The molecule has 0 aliphatic heterocycles. The zero-order valence-corrected chi connectivity index (χ0v) is 18.7. The number of amides is 2. The Balaban J connectivity index is 1.68. The van der Waals surface area contributed by atoms with Gasteiger partial charge in [-0.05, 0) is 43.0 Å². The molecule has 0 aliphatic carbocycles. The monoisotopic (exact) mass is 465 g/mol. The van der Waals surface area contributed by atoms with Gasteiger partial charge in [-0.25, -0.2) is 9.59 Å². The third-order valence-corrected chi connectivity index (χ3v) is 4.99. The number of carbonyl (C=O) groups is 2. The van der Waals surface area contributed by atoms with Crippen LogP contribution in [0.25, 0.3) is 11.0 Å². The molecule has 3 rings (SSSR count). The van der Waals surface area contributed by atoms with Gasteiger partial charge in [0.15, 0.2) is 5.96 Å². The summed E-state index contributed by atoms with van der Waals surface area (Å²) in [5.41, 5.74) is 12.6. The van der Waals surface area contributed by atoms with Gasteiger partial charge >= 0.3 is 11.7 Å². The number of guanidine groups is 1. The smallest absolute Gasteiger partial charge is 0.408 e. The van der Waals surface area contributed by atoms with Crippen LogP contribution in [-0.4, -0.2) is 30.5 Å². The molecular formula is C24H27N5O5. The number of benzene rings is 2. The quantitative estimate of drug-likeness (QED) is 0.163.